The molecule has 0 bridgehead atoms. The Morgan fingerprint density at radius 1 is 1.56 bits per heavy atom. The number of urea groups is 1. The maximum absolute atomic E-state index is 11.9. The molecule has 0 aliphatic carbocycles. The van der Waals surface area contributed by atoms with Crippen molar-refractivity contribution in [3.05, 3.63) is 16.1 Å². The van der Waals surface area contributed by atoms with Crippen molar-refractivity contribution in [3.8, 4) is 0 Å². The summed E-state index contributed by atoms with van der Waals surface area (Å²) in [6.07, 6.45) is 0.889. The van der Waals surface area contributed by atoms with E-state index in [2.05, 4.69) is 27.5 Å². The van der Waals surface area contributed by atoms with Crippen molar-refractivity contribution in [1.29, 1.82) is 0 Å². The average molecular weight is 264 g/mol. The summed E-state index contributed by atoms with van der Waals surface area (Å²) in [6.45, 7) is 2.36. The quantitative estimate of drug-likeness (QED) is 0.852. The minimum atomic E-state index is -0.161. The molecule has 0 saturated heterocycles. The van der Waals surface area contributed by atoms with E-state index in [1.807, 2.05) is 5.38 Å². The predicted octanol–water partition coefficient (Wildman–Crippen LogP) is 0.651. The van der Waals surface area contributed by atoms with Crippen LogP contribution in [0.25, 0.3) is 0 Å². The molecule has 0 spiro atoms. The lowest BCUT2D eigenvalue weighted by molar-refractivity contribution is 0.159. The van der Waals surface area contributed by atoms with Crippen LogP contribution in [0.3, 0.4) is 0 Å². The minimum Gasteiger partial charge on any atom is -0.256 e. The van der Waals surface area contributed by atoms with Crippen molar-refractivity contribution in [2.24, 2.45) is 10.1 Å². The number of fused-ring (bicyclic) bond motifs is 1. The van der Waals surface area contributed by atoms with Crippen molar-refractivity contribution in [2.75, 3.05) is 13.7 Å². The smallest absolute Gasteiger partial charge is 0.256 e. The van der Waals surface area contributed by atoms with Gasteiger partial charge >= 0.3 is 6.03 Å². The van der Waals surface area contributed by atoms with Crippen molar-refractivity contribution in [1.82, 2.24) is 20.4 Å². The summed E-state index contributed by atoms with van der Waals surface area (Å²) in [4.78, 5) is 22.2. The highest BCUT2D eigenvalue weighted by Gasteiger charge is 2.35. The first kappa shape index (κ1) is 11.1. The highest BCUT2D eigenvalue weighted by Crippen LogP contribution is 2.19. The SMILES string of the molecule is CCc1csc(C2=NCN3C(=O)N(C)NN=C23)n1. The molecule has 3 rings (SSSR count). The number of amidine groups is 1. The van der Waals surface area contributed by atoms with Crippen molar-refractivity contribution < 1.29 is 4.79 Å². The van der Waals surface area contributed by atoms with Gasteiger partial charge in [0.1, 0.15) is 17.4 Å². The number of carbonyl (C=O) groups is 1. The molecule has 7 nitrogen and oxygen atoms in total. The summed E-state index contributed by atoms with van der Waals surface area (Å²) in [5.74, 6) is 0.551. The number of rotatable bonds is 2. The van der Waals surface area contributed by atoms with Gasteiger partial charge in [-0.1, -0.05) is 6.92 Å². The molecule has 94 valence electrons. The van der Waals surface area contributed by atoms with Crippen LogP contribution < -0.4 is 5.53 Å². The second-order valence-corrected chi connectivity index (χ2v) is 4.81. The molecule has 2 amide bonds. The minimum absolute atomic E-state index is 0.161. The number of hydrogen-bond donors (Lipinski definition) is 1. The Hall–Kier alpha value is -1.96. The molecule has 1 aromatic rings. The van der Waals surface area contributed by atoms with Crippen molar-refractivity contribution in [3.63, 3.8) is 0 Å². The second-order valence-electron chi connectivity index (χ2n) is 3.95. The van der Waals surface area contributed by atoms with Gasteiger partial charge in [-0.3, -0.25) is 9.89 Å². The molecule has 0 saturated carbocycles. The molecule has 0 fully saturated rings. The Morgan fingerprint density at radius 3 is 3.11 bits per heavy atom. The van der Waals surface area contributed by atoms with Crippen LogP contribution >= 0.6 is 11.3 Å². The fraction of sp³-hybridized carbons (Fsp3) is 0.400. The Labute approximate surface area is 108 Å². The van der Waals surface area contributed by atoms with E-state index in [4.69, 9.17) is 0 Å². The number of amides is 2. The molecule has 18 heavy (non-hydrogen) atoms. The van der Waals surface area contributed by atoms with Gasteiger partial charge in [0.05, 0.1) is 5.69 Å². The number of hydrazone groups is 1. The van der Waals surface area contributed by atoms with Crippen LogP contribution in [-0.4, -0.2) is 46.2 Å². The third kappa shape index (κ3) is 1.57. The molecule has 1 aromatic heterocycles. The highest BCUT2D eigenvalue weighted by molar-refractivity contribution is 7.12. The van der Waals surface area contributed by atoms with Gasteiger partial charge < -0.3 is 0 Å². The zero-order valence-electron chi connectivity index (χ0n) is 10.0. The average Bonchev–Trinajstić information content (AvgIpc) is 2.99. The molecule has 3 heterocycles. The van der Waals surface area contributed by atoms with Gasteiger partial charge in [-0.25, -0.2) is 20.3 Å². The van der Waals surface area contributed by atoms with Crippen LogP contribution in [0, 0.1) is 0 Å². The van der Waals surface area contributed by atoms with Gasteiger partial charge in [0.15, 0.2) is 5.84 Å². The van der Waals surface area contributed by atoms with Gasteiger partial charge in [0.25, 0.3) is 0 Å². The van der Waals surface area contributed by atoms with E-state index in [9.17, 15) is 4.79 Å². The third-order valence-corrected chi connectivity index (χ3v) is 3.68. The first-order valence-electron chi connectivity index (χ1n) is 5.59. The molecule has 0 atom stereocenters. The zero-order valence-corrected chi connectivity index (χ0v) is 10.9. The number of nitrogens with zero attached hydrogens (tertiary/aromatic N) is 5. The fourth-order valence-corrected chi connectivity index (χ4v) is 2.66. The molecule has 2 aliphatic rings. The normalized spacial score (nSPS) is 18.4. The largest absolute Gasteiger partial charge is 0.346 e. The monoisotopic (exact) mass is 264 g/mol. The molecule has 0 aromatic carbocycles. The van der Waals surface area contributed by atoms with E-state index < -0.39 is 0 Å². The van der Waals surface area contributed by atoms with Gasteiger partial charge in [-0.2, -0.15) is 0 Å². The predicted molar refractivity (Wildman–Crippen MR) is 68.5 cm³/mol. The maximum atomic E-state index is 11.9. The molecule has 1 N–H and O–H groups in total. The van der Waals surface area contributed by atoms with Crippen LogP contribution in [0.1, 0.15) is 17.6 Å². The van der Waals surface area contributed by atoms with Crippen LogP contribution in [0.2, 0.25) is 0 Å². The van der Waals surface area contributed by atoms with Crippen LogP contribution in [0.5, 0.6) is 0 Å². The summed E-state index contributed by atoms with van der Waals surface area (Å²) < 4.78 is 0. The van der Waals surface area contributed by atoms with Crippen LogP contribution in [0.15, 0.2) is 15.5 Å². The van der Waals surface area contributed by atoms with E-state index in [1.54, 1.807) is 7.05 Å². The topological polar surface area (TPSA) is 73.2 Å². The lowest BCUT2D eigenvalue weighted by Crippen LogP contribution is -2.53. The lowest BCUT2D eigenvalue weighted by atomic mass is 10.3. The van der Waals surface area contributed by atoms with E-state index in [1.165, 1.54) is 21.2 Å². The van der Waals surface area contributed by atoms with Crippen molar-refractivity contribution in [2.45, 2.75) is 13.3 Å². The van der Waals surface area contributed by atoms with Gasteiger partial charge in [0.2, 0.25) is 0 Å². The maximum Gasteiger partial charge on any atom is 0.346 e. The summed E-state index contributed by atoms with van der Waals surface area (Å²) in [7, 11) is 1.62. The molecule has 0 unspecified atom stereocenters. The van der Waals surface area contributed by atoms with Gasteiger partial charge in [-0.05, 0) is 6.42 Å². The molecular formula is C10H12N6OS. The molecule has 2 aliphatic heterocycles. The van der Waals surface area contributed by atoms with E-state index >= 15 is 0 Å². The van der Waals surface area contributed by atoms with E-state index in [0.717, 1.165) is 17.1 Å². The first-order chi connectivity index (χ1) is 8.70. The Kier molecular flexibility index (Phi) is 2.51. The van der Waals surface area contributed by atoms with Crippen LogP contribution in [0.4, 0.5) is 4.79 Å². The summed E-state index contributed by atoms with van der Waals surface area (Å²) in [5.41, 5.74) is 4.37. The molecule has 8 heteroatoms. The fourth-order valence-electron chi connectivity index (χ4n) is 1.76. The van der Waals surface area contributed by atoms with Gasteiger partial charge in [0, 0.05) is 12.4 Å². The highest BCUT2D eigenvalue weighted by atomic mass is 32.1. The number of hydrogen-bond acceptors (Lipinski definition) is 6. The number of aryl methyl sites for hydroxylation is 1. The summed E-state index contributed by atoms with van der Waals surface area (Å²) in [6, 6.07) is -0.161. The first-order valence-corrected chi connectivity index (χ1v) is 6.47. The second kappa shape index (κ2) is 4.05. The van der Waals surface area contributed by atoms with E-state index in [0.29, 0.717) is 18.2 Å². The number of carbonyl (C=O) groups excluding carboxylic acids is 1. The Bertz CT molecular complexity index is 562. The summed E-state index contributed by atoms with van der Waals surface area (Å²) in [5, 5.41) is 8.29. The number of thiazole rings is 1. The third-order valence-electron chi connectivity index (χ3n) is 2.78. The van der Waals surface area contributed by atoms with E-state index in [-0.39, 0.29) is 6.03 Å². The number of aromatic nitrogens is 1. The van der Waals surface area contributed by atoms with Gasteiger partial charge in [-0.15, -0.1) is 16.4 Å². The zero-order chi connectivity index (χ0) is 12.7. The number of aliphatic imine (C=N–C) groups is 1. The lowest BCUT2D eigenvalue weighted by Gasteiger charge is -2.28. The Morgan fingerprint density at radius 2 is 2.39 bits per heavy atom. The molecule has 0 radical (unpaired) electrons. The van der Waals surface area contributed by atoms with Crippen molar-refractivity contribution >= 4 is 28.9 Å². The summed E-state index contributed by atoms with van der Waals surface area (Å²) >= 11 is 1.53. The molecular weight excluding hydrogens is 252 g/mol. The van der Waals surface area contributed by atoms with Crippen LogP contribution in [-0.2, 0) is 6.42 Å². The standard InChI is InChI=1S/C10H12N6OS/c1-3-6-4-18-9(12-6)7-8-13-14-15(2)10(17)16(8)5-11-7/h4,14H,3,5H2,1-2H3. The number of nitrogens with one attached hydrogen (secondary N) is 1. The number of hydrazine groups is 1. The Balaban J connectivity index is 1.93.